The average molecular weight is 1270 g/mol. The number of ether oxygens (including phenoxy) is 7. The Labute approximate surface area is 505 Å². The van der Waals surface area contributed by atoms with Crippen LogP contribution in [-0.4, -0.2) is 127 Å². The van der Waals surface area contributed by atoms with Crippen molar-refractivity contribution in [2.24, 2.45) is 0 Å². The van der Waals surface area contributed by atoms with Crippen LogP contribution in [-0.2, 0) is 78.7 Å². The van der Waals surface area contributed by atoms with Crippen LogP contribution < -0.4 is 0 Å². The lowest BCUT2D eigenvalue weighted by atomic mass is 9.92. The number of esters is 4. The van der Waals surface area contributed by atoms with Crippen LogP contribution in [0.2, 0.25) is 0 Å². The maximum atomic E-state index is 13.4. The molecule has 3 unspecified atom stereocenters. The van der Waals surface area contributed by atoms with Crippen molar-refractivity contribution < 1.29 is 117 Å². The van der Waals surface area contributed by atoms with Crippen LogP contribution in [0.15, 0.2) is 91.0 Å². The minimum atomic E-state index is -4.92. The molecular weight excluding hydrogens is 1180 g/mol. The first-order valence-corrected chi connectivity index (χ1v) is 27.5. The number of alkyl halides is 9. The lowest BCUT2D eigenvalue weighted by molar-refractivity contribution is -0.278. The molecule has 496 valence electrons. The lowest BCUT2D eigenvalue weighted by Gasteiger charge is -2.33. The van der Waals surface area contributed by atoms with E-state index < -0.39 is 70.7 Å². The summed E-state index contributed by atoms with van der Waals surface area (Å²) in [6, 6.07) is 20.0. The molecule has 0 saturated carbocycles. The maximum absolute atomic E-state index is 13.4. The molecule has 0 fully saturated rings. The van der Waals surface area contributed by atoms with Gasteiger partial charge in [-0.1, -0.05) is 133 Å². The second-order valence-corrected chi connectivity index (χ2v) is 18.8. The average Bonchev–Trinajstić information content (AvgIpc) is 1.03. The van der Waals surface area contributed by atoms with Crippen molar-refractivity contribution >= 4 is 46.7 Å². The number of aliphatic hydroxyl groups is 2. The zero-order chi connectivity index (χ0) is 68.5. The zero-order valence-corrected chi connectivity index (χ0v) is 53.1. The molecule has 3 N–H and O–H groups in total. The molecule has 3 aromatic rings. The summed E-state index contributed by atoms with van der Waals surface area (Å²) in [5, 5.41) is 22.5. The van der Waals surface area contributed by atoms with Crippen LogP contribution in [0.3, 0.4) is 0 Å². The smallest absolute Gasteiger partial charge is 0.432 e. The molecular formula is C60H90ClF9O16. The molecule has 0 radical (unpaired) electrons. The highest BCUT2D eigenvalue weighted by Crippen LogP contribution is 2.45. The van der Waals surface area contributed by atoms with E-state index in [9.17, 15) is 63.5 Å². The van der Waals surface area contributed by atoms with Gasteiger partial charge in [0.2, 0.25) is 0 Å². The minimum Gasteiger partial charge on any atom is -0.481 e. The molecule has 0 saturated heterocycles. The summed E-state index contributed by atoms with van der Waals surface area (Å²) in [4.78, 5) is 64.5. The number of carboxylic acid groups (broad SMARTS) is 1. The molecule has 26 heteroatoms. The molecule has 16 nitrogen and oxygen atoms in total. The Kier molecular flexibility index (Phi) is 47.0. The van der Waals surface area contributed by atoms with Crippen molar-refractivity contribution in [3.8, 4) is 0 Å². The Hall–Kier alpha value is -5.86. The number of carbonyl (C=O) groups is 6. The third-order valence-electron chi connectivity index (χ3n) is 11.3. The molecule has 0 aliphatic rings. The van der Waals surface area contributed by atoms with Gasteiger partial charge in [-0.25, -0.2) is 9.59 Å². The summed E-state index contributed by atoms with van der Waals surface area (Å²) in [5.74, 6) is -4.13. The Morgan fingerprint density at radius 3 is 0.721 bits per heavy atom. The number of methoxy groups -OCH3 is 3. The quantitative estimate of drug-likeness (QED) is 0.0439. The molecule has 0 spiro atoms. The molecule has 0 bridgehead atoms. The van der Waals surface area contributed by atoms with Gasteiger partial charge in [0, 0.05) is 58.8 Å². The van der Waals surface area contributed by atoms with Crippen molar-refractivity contribution in [2.45, 2.75) is 214 Å². The fraction of sp³-hybridized carbons (Fsp3) is 0.600. The summed E-state index contributed by atoms with van der Waals surface area (Å²) in [5.41, 5.74) is -10.2. The third kappa shape index (κ3) is 33.3. The number of aliphatic hydroxyl groups excluding tert-OH is 2. The fourth-order valence-electron chi connectivity index (χ4n) is 5.58. The second-order valence-electron chi connectivity index (χ2n) is 18.5. The van der Waals surface area contributed by atoms with E-state index in [2.05, 4.69) is 14.2 Å². The van der Waals surface area contributed by atoms with Gasteiger partial charge in [0.25, 0.3) is 28.0 Å². The van der Waals surface area contributed by atoms with Gasteiger partial charge < -0.3 is 48.5 Å². The van der Waals surface area contributed by atoms with Gasteiger partial charge in [0.1, 0.15) is 0 Å². The van der Waals surface area contributed by atoms with E-state index in [1.54, 1.807) is 39.8 Å². The third-order valence-corrected chi connectivity index (χ3v) is 11.6. The van der Waals surface area contributed by atoms with Gasteiger partial charge in [0.05, 0.1) is 36.6 Å². The summed E-state index contributed by atoms with van der Waals surface area (Å²) in [7, 11) is 2.48. The summed E-state index contributed by atoms with van der Waals surface area (Å²) >= 11 is 5.04. The summed E-state index contributed by atoms with van der Waals surface area (Å²) in [6.45, 7) is 25.6. The SMILES string of the molecule is CC(=O)O.CCC(C)O.CCC(C)OC(=O)[C@](OC)(c1ccccc1)C(F)(F)F.CCC(C)OC(C)=O.CC[C@H](C)O.CC[C@H](C)OC(=O)[C@](OC)(c1ccccc1)C(F)(F)F.CC[C@H](C)OC(C)=O.CO[C@@](C(=O)Cl)(c1ccccc1)C(F)(F)F. The summed E-state index contributed by atoms with van der Waals surface area (Å²) < 4.78 is 152. The standard InChI is InChI=1S/2C14H17F3O3.C10H8ClF3O2.2C6H12O2.2C4H10O.C2H4O2/c2*1-4-10(2)20-12(18)13(19-3,14(15,16)17)11-8-6-5-7-9-11;1-16-9(8(11)15,10(12,13)14)7-5-3-2-4-6-7;2*1-4-5(2)8-6(3)7;2*1-3-4(2)5;1-2(3)4/h2*5-10H,4H2,1-3H3;2-6H,1H3;2*5H,4H2,1-3H3;2*4-5H,3H2,1-2H3;1H3,(H,3,4)/t10?,13-;10-,13+;9-;5-;;4-;;/m1010.0../s1. The van der Waals surface area contributed by atoms with Crippen LogP contribution >= 0.6 is 11.6 Å². The van der Waals surface area contributed by atoms with Crippen molar-refractivity contribution in [2.75, 3.05) is 21.3 Å². The van der Waals surface area contributed by atoms with Crippen molar-refractivity contribution in [1.82, 2.24) is 0 Å². The number of carbonyl (C=O) groups excluding carboxylic acids is 5. The van der Waals surface area contributed by atoms with Crippen LogP contribution in [0.5, 0.6) is 0 Å². The highest BCUT2D eigenvalue weighted by atomic mass is 35.5. The van der Waals surface area contributed by atoms with Crippen LogP contribution in [0.25, 0.3) is 0 Å². The molecule has 3 rings (SSSR count). The number of hydrogen-bond acceptors (Lipinski definition) is 15. The number of benzene rings is 3. The Bertz CT molecular complexity index is 2170. The van der Waals surface area contributed by atoms with E-state index in [0.29, 0.717) is 12.8 Å². The van der Waals surface area contributed by atoms with Gasteiger partial charge in [-0.15, -0.1) is 0 Å². The Morgan fingerprint density at radius 1 is 0.407 bits per heavy atom. The van der Waals surface area contributed by atoms with Gasteiger partial charge >= 0.3 is 42.4 Å². The first kappa shape index (κ1) is 88.9. The van der Waals surface area contributed by atoms with E-state index in [4.69, 9.17) is 50.7 Å². The first-order chi connectivity index (χ1) is 39.5. The van der Waals surface area contributed by atoms with E-state index >= 15 is 0 Å². The second kappa shape index (κ2) is 45.4. The largest absolute Gasteiger partial charge is 0.481 e. The Balaban J connectivity index is -0.000000310. The van der Waals surface area contributed by atoms with Crippen LogP contribution in [0, 0.1) is 0 Å². The monoisotopic (exact) mass is 1270 g/mol. The predicted molar refractivity (Wildman–Crippen MR) is 306 cm³/mol. The van der Waals surface area contributed by atoms with Crippen LogP contribution in [0.4, 0.5) is 39.5 Å². The fourth-order valence-corrected chi connectivity index (χ4v) is 5.87. The van der Waals surface area contributed by atoms with Gasteiger partial charge in [-0.05, 0) is 91.7 Å². The molecule has 0 aromatic heterocycles. The normalized spacial score (nSPS) is 14.9. The molecule has 0 aliphatic carbocycles. The number of hydrogen-bond donors (Lipinski definition) is 3. The number of rotatable bonds is 19. The summed E-state index contributed by atoms with van der Waals surface area (Å²) in [6.07, 6.45) is -11.8. The molecule has 86 heavy (non-hydrogen) atoms. The van der Waals surface area contributed by atoms with Crippen molar-refractivity contribution in [3.05, 3.63) is 108 Å². The molecule has 0 aliphatic heterocycles. The van der Waals surface area contributed by atoms with Gasteiger partial charge in [-0.3, -0.25) is 19.2 Å². The maximum Gasteiger partial charge on any atom is 0.432 e. The predicted octanol–water partition coefficient (Wildman–Crippen LogP) is 14.1. The topological polar surface area (TPSA) is 228 Å². The van der Waals surface area contributed by atoms with E-state index in [0.717, 1.165) is 66.1 Å². The van der Waals surface area contributed by atoms with Crippen molar-refractivity contribution in [1.29, 1.82) is 0 Å². The van der Waals surface area contributed by atoms with Crippen LogP contribution in [0.1, 0.15) is 159 Å². The molecule has 0 heterocycles. The Morgan fingerprint density at radius 2 is 0.593 bits per heavy atom. The van der Waals surface area contributed by atoms with Crippen molar-refractivity contribution in [3.63, 3.8) is 0 Å². The lowest BCUT2D eigenvalue weighted by Crippen LogP contribution is -2.52. The minimum absolute atomic E-state index is 0.0764. The van der Waals surface area contributed by atoms with E-state index in [1.807, 2.05) is 41.5 Å². The van der Waals surface area contributed by atoms with Gasteiger partial charge in [-0.2, -0.15) is 39.5 Å². The first-order valence-electron chi connectivity index (χ1n) is 27.1. The number of aliphatic carboxylic acids is 1. The van der Waals surface area contributed by atoms with Gasteiger partial charge in [0.15, 0.2) is 0 Å². The number of halogens is 10. The van der Waals surface area contributed by atoms with E-state index in [1.165, 1.54) is 94.4 Å². The molecule has 3 aromatic carbocycles. The highest BCUT2D eigenvalue weighted by Gasteiger charge is 2.65. The molecule has 9 atom stereocenters. The van der Waals surface area contributed by atoms with E-state index in [-0.39, 0.29) is 53.0 Å². The highest BCUT2D eigenvalue weighted by molar-refractivity contribution is 6.65. The molecule has 0 amide bonds. The number of carboxylic acids is 1. The zero-order valence-electron chi connectivity index (χ0n) is 52.3.